The standard InChI is InChI=1S/C19H20N4O3/c1-14-4-3-5-15(10-14)20-19(24)12-23-11-16(21-22-23)13-26-18-8-6-17(25-2)7-9-18/h3-11H,12-13H2,1-2H3,(H,20,24). The van der Waals surface area contributed by atoms with E-state index < -0.39 is 0 Å². The third kappa shape index (κ3) is 4.83. The van der Waals surface area contributed by atoms with E-state index in [0.717, 1.165) is 17.0 Å². The van der Waals surface area contributed by atoms with Crippen molar-refractivity contribution in [3.8, 4) is 11.5 Å². The van der Waals surface area contributed by atoms with Crippen molar-refractivity contribution in [2.45, 2.75) is 20.1 Å². The van der Waals surface area contributed by atoms with Gasteiger partial charge in [0.25, 0.3) is 0 Å². The Kier molecular flexibility index (Phi) is 5.48. The van der Waals surface area contributed by atoms with Gasteiger partial charge in [-0.2, -0.15) is 0 Å². The van der Waals surface area contributed by atoms with Crippen molar-refractivity contribution in [2.24, 2.45) is 0 Å². The lowest BCUT2D eigenvalue weighted by molar-refractivity contribution is -0.116. The highest BCUT2D eigenvalue weighted by Crippen LogP contribution is 2.17. The van der Waals surface area contributed by atoms with Crippen molar-refractivity contribution in [2.75, 3.05) is 12.4 Å². The van der Waals surface area contributed by atoms with Crippen LogP contribution in [0.15, 0.2) is 54.7 Å². The fourth-order valence-electron chi connectivity index (χ4n) is 2.38. The van der Waals surface area contributed by atoms with Crippen LogP contribution in [-0.4, -0.2) is 28.0 Å². The number of nitrogens with one attached hydrogen (secondary N) is 1. The second-order valence-corrected chi connectivity index (χ2v) is 5.79. The number of aromatic nitrogens is 3. The van der Waals surface area contributed by atoms with E-state index in [-0.39, 0.29) is 19.1 Å². The zero-order chi connectivity index (χ0) is 18.4. The van der Waals surface area contributed by atoms with Crippen LogP contribution in [0, 0.1) is 6.92 Å². The summed E-state index contributed by atoms with van der Waals surface area (Å²) >= 11 is 0. The molecule has 0 unspecified atom stereocenters. The Hall–Kier alpha value is -3.35. The molecule has 7 nitrogen and oxygen atoms in total. The Morgan fingerprint density at radius 1 is 1.15 bits per heavy atom. The van der Waals surface area contributed by atoms with Crippen molar-refractivity contribution in [3.63, 3.8) is 0 Å². The van der Waals surface area contributed by atoms with Gasteiger partial charge in [-0.3, -0.25) is 4.79 Å². The summed E-state index contributed by atoms with van der Waals surface area (Å²) in [5.41, 5.74) is 2.49. The predicted molar refractivity (Wildman–Crippen MR) is 97.2 cm³/mol. The third-order valence-electron chi connectivity index (χ3n) is 3.64. The highest BCUT2D eigenvalue weighted by molar-refractivity contribution is 5.90. The van der Waals surface area contributed by atoms with Crippen LogP contribution >= 0.6 is 0 Å². The van der Waals surface area contributed by atoms with E-state index in [1.54, 1.807) is 13.3 Å². The number of rotatable bonds is 7. The molecule has 1 heterocycles. The number of hydrogen-bond donors (Lipinski definition) is 1. The van der Waals surface area contributed by atoms with Gasteiger partial charge in [0.15, 0.2) is 0 Å². The summed E-state index contributed by atoms with van der Waals surface area (Å²) in [6.07, 6.45) is 1.69. The predicted octanol–water partition coefficient (Wildman–Crippen LogP) is 2.81. The summed E-state index contributed by atoms with van der Waals surface area (Å²) in [6, 6.07) is 14.9. The lowest BCUT2D eigenvalue weighted by Crippen LogP contribution is -2.19. The third-order valence-corrected chi connectivity index (χ3v) is 3.64. The molecule has 0 saturated carbocycles. The van der Waals surface area contributed by atoms with Crippen LogP contribution in [0.4, 0.5) is 5.69 Å². The summed E-state index contributed by atoms with van der Waals surface area (Å²) in [4.78, 5) is 12.1. The first-order valence-corrected chi connectivity index (χ1v) is 8.15. The van der Waals surface area contributed by atoms with Crippen LogP contribution < -0.4 is 14.8 Å². The van der Waals surface area contributed by atoms with E-state index in [9.17, 15) is 4.79 Å². The van der Waals surface area contributed by atoms with Gasteiger partial charge < -0.3 is 14.8 Å². The van der Waals surface area contributed by atoms with Crippen LogP contribution in [0.2, 0.25) is 0 Å². The molecule has 2 aromatic carbocycles. The molecule has 0 aliphatic heterocycles. The summed E-state index contributed by atoms with van der Waals surface area (Å²) in [7, 11) is 1.61. The Balaban J connectivity index is 1.51. The fourth-order valence-corrected chi connectivity index (χ4v) is 2.38. The van der Waals surface area contributed by atoms with Crippen LogP contribution in [0.1, 0.15) is 11.3 Å². The molecule has 26 heavy (non-hydrogen) atoms. The number of hydrogen-bond acceptors (Lipinski definition) is 5. The topological polar surface area (TPSA) is 78.3 Å². The van der Waals surface area contributed by atoms with Crippen LogP contribution in [0.3, 0.4) is 0 Å². The average Bonchev–Trinajstić information content (AvgIpc) is 3.07. The number of nitrogens with zero attached hydrogens (tertiary/aromatic N) is 3. The molecule has 0 spiro atoms. The molecule has 3 aromatic rings. The molecule has 0 aliphatic carbocycles. The number of anilines is 1. The molecule has 0 aliphatic rings. The zero-order valence-corrected chi connectivity index (χ0v) is 14.7. The number of ether oxygens (including phenoxy) is 2. The monoisotopic (exact) mass is 352 g/mol. The normalized spacial score (nSPS) is 10.4. The molecular weight excluding hydrogens is 332 g/mol. The molecule has 0 saturated heterocycles. The van der Waals surface area contributed by atoms with Crippen molar-refractivity contribution in [1.82, 2.24) is 15.0 Å². The SMILES string of the molecule is COc1ccc(OCc2cn(CC(=O)Nc3cccc(C)c3)nn2)cc1. The number of methoxy groups -OCH3 is 1. The molecule has 7 heteroatoms. The van der Waals surface area contributed by atoms with Crippen molar-refractivity contribution >= 4 is 11.6 Å². The van der Waals surface area contributed by atoms with E-state index in [0.29, 0.717) is 11.4 Å². The maximum atomic E-state index is 12.1. The first kappa shape index (κ1) is 17.5. The van der Waals surface area contributed by atoms with Gasteiger partial charge in [-0.05, 0) is 48.9 Å². The highest BCUT2D eigenvalue weighted by atomic mass is 16.5. The molecule has 3 rings (SSSR count). The molecule has 0 radical (unpaired) electrons. The molecule has 1 N–H and O–H groups in total. The zero-order valence-electron chi connectivity index (χ0n) is 14.7. The second kappa shape index (κ2) is 8.15. The van der Waals surface area contributed by atoms with Gasteiger partial charge in [0.05, 0.1) is 13.3 Å². The van der Waals surface area contributed by atoms with E-state index >= 15 is 0 Å². The number of amides is 1. The van der Waals surface area contributed by atoms with E-state index in [1.165, 1.54) is 4.68 Å². The Labute approximate surface area is 151 Å². The fraction of sp³-hybridized carbons (Fsp3) is 0.211. The minimum atomic E-state index is -0.164. The van der Waals surface area contributed by atoms with Crippen molar-refractivity contribution in [3.05, 3.63) is 66.0 Å². The van der Waals surface area contributed by atoms with Gasteiger partial charge in [0, 0.05) is 5.69 Å². The van der Waals surface area contributed by atoms with E-state index in [4.69, 9.17) is 9.47 Å². The van der Waals surface area contributed by atoms with E-state index in [1.807, 2.05) is 55.5 Å². The minimum absolute atomic E-state index is 0.0868. The van der Waals surface area contributed by atoms with Crippen LogP contribution in [0.25, 0.3) is 0 Å². The molecule has 134 valence electrons. The van der Waals surface area contributed by atoms with Gasteiger partial charge in [0.2, 0.25) is 5.91 Å². The summed E-state index contributed by atoms with van der Waals surface area (Å²) in [6.45, 7) is 2.33. The molecule has 0 fully saturated rings. The second-order valence-electron chi connectivity index (χ2n) is 5.79. The van der Waals surface area contributed by atoms with Crippen LogP contribution in [-0.2, 0) is 17.9 Å². The lowest BCUT2D eigenvalue weighted by atomic mass is 10.2. The van der Waals surface area contributed by atoms with Crippen molar-refractivity contribution < 1.29 is 14.3 Å². The molecule has 0 atom stereocenters. The summed E-state index contributed by atoms with van der Waals surface area (Å²) < 4.78 is 12.2. The van der Waals surface area contributed by atoms with Gasteiger partial charge >= 0.3 is 0 Å². The minimum Gasteiger partial charge on any atom is -0.497 e. The number of benzene rings is 2. The average molecular weight is 352 g/mol. The highest BCUT2D eigenvalue weighted by Gasteiger charge is 2.07. The number of aryl methyl sites for hydroxylation is 1. The summed E-state index contributed by atoms with van der Waals surface area (Å²) in [5.74, 6) is 1.31. The quantitative estimate of drug-likeness (QED) is 0.707. The Morgan fingerprint density at radius 2 is 1.92 bits per heavy atom. The molecule has 1 aromatic heterocycles. The molecular formula is C19H20N4O3. The maximum absolute atomic E-state index is 12.1. The Bertz CT molecular complexity index is 875. The number of carbonyl (C=O) groups is 1. The largest absolute Gasteiger partial charge is 0.497 e. The van der Waals surface area contributed by atoms with Gasteiger partial charge in [-0.15, -0.1) is 5.10 Å². The molecule has 1 amide bonds. The number of carbonyl (C=O) groups excluding carboxylic acids is 1. The van der Waals surface area contributed by atoms with Gasteiger partial charge in [0.1, 0.15) is 30.3 Å². The molecule has 0 bridgehead atoms. The first-order chi connectivity index (χ1) is 12.6. The Morgan fingerprint density at radius 3 is 2.65 bits per heavy atom. The summed E-state index contributed by atoms with van der Waals surface area (Å²) in [5, 5.41) is 10.8. The van der Waals surface area contributed by atoms with Gasteiger partial charge in [-0.25, -0.2) is 4.68 Å². The smallest absolute Gasteiger partial charge is 0.246 e. The van der Waals surface area contributed by atoms with Gasteiger partial charge in [-0.1, -0.05) is 17.3 Å². The maximum Gasteiger partial charge on any atom is 0.246 e. The van der Waals surface area contributed by atoms with Crippen molar-refractivity contribution in [1.29, 1.82) is 0 Å². The first-order valence-electron chi connectivity index (χ1n) is 8.15. The van der Waals surface area contributed by atoms with Crippen LogP contribution in [0.5, 0.6) is 11.5 Å². The lowest BCUT2D eigenvalue weighted by Gasteiger charge is -2.06. The van der Waals surface area contributed by atoms with E-state index in [2.05, 4.69) is 15.6 Å².